The lowest BCUT2D eigenvalue weighted by molar-refractivity contribution is 0.0938. The van der Waals surface area contributed by atoms with E-state index in [0.717, 1.165) is 5.56 Å². The van der Waals surface area contributed by atoms with Crippen LogP contribution in [0.25, 0.3) is 11.4 Å². The molecule has 0 radical (unpaired) electrons. The number of halogens is 1. The van der Waals surface area contributed by atoms with Crippen LogP contribution in [0.4, 0.5) is 0 Å². The molecular weight excluding hydrogens is 408 g/mol. The zero-order chi connectivity index (χ0) is 20.7. The number of nitrogens with zero attached hydrogens (tertiary/aromatic N) is 3. The van der Waals surface area contributed by atoms with Gasteiger partial charge in [-0.25, -0.2) is 0 Å². The van der Waals surface area contributed by atoms with Crippen molar-refractivity contribution in [3.8, 4) is 22.9 Å². The Morgan fingerprint density at radius 2 is 1.97 bits per heavy atom. The summed E-state index contributed by atoms with van der Waals surface area (Å²) in [6, 6.07) is 12.3. The van der Waals surface area contributed by atoms with Crippen LogP contribution >= 0.6 is 11.6 Å². The predicted octanol–water partition coefficient (Wildman–Crippen LogP) is 3.29. The zero-order valence-electron chi connectivity index (χ0n) is 16.2. The molecule has 0 aliphatic carbocycles. The Morgan fingerprint density at radius 3 is 2.80 bits per heavy atom. The third-order valence-corrected chi connectivity index (χ3v) is 5.60. The summed E-state index contributed by atoms with van der Waals surface area (Å²) in [5.74, 6) is 2.13. The number of carbonyl (C=O) groups excluding carboxylic acids is 1. The SMILES string of the molecule is CN1C[C@@H](NC(=O)c2ccc3c(c2)OCO3)C[C@H]1c1nc(-c2ccc(Cl)cc2)no1. The highest BCUT2D eigenvalue weighted by molar-refractivity contribution is 6.30. The number of hydrogen-bond donors (Lipinski definition) is 1. The van der Waals surface area contributed by atoms with Crippen molar-refractivity contribution in [2.24, 2.45) is 0 Å². The monoisotopic (exact) mass is 426 g/mol. The molecule has 1 fully saturated rings. The van der Waals surface area contributed by atoms with Crippen molar-refractivity contribution in [1.29, 1.82) is 0 Å². The quantitative estimate of drug-likeness (QED) is 0.684. The van der Waals surface area contributed by atoms with E-state index in [1.165, 1.54) is 0 Å². The standard InChI is InChI=1S/C21H19ClN4O4/c1-26-10-15(23-20(27)13-4-7-17-18(8-13)29-11-28-17)9-16(26)21-24-19(25-30-21)12-2-5-14(22)6-3-12/h2-8,15-16H,9-11H2,1H3,(H,23,27)/t15-,16-/m0/s1. The molecule has 8 nitrogen and oxygen atoms in total. The van der Waals surface area contributed by atoms with Gasteiger partial charge < -0.3 is 19.3 Å². The van der Waals surface area contributed by atoms with Crippen LogP contribution in [-0.2, 0) is 0 Å². The van der Waals surface area contributed by atoms with E-state index in [1.54, 1.807) is 30.3 Å². The molecule has 1 N–H and O–H groups in total. The first-order valence-electron chi connectivity index (χ1n) is 9.57. The van der Waals surface area contributed by atoms with Crippen LogP contribution in [0, 0.1) is 0 Å². The molecule has 2 aliphatic heterocycles. The van der Waals surface area contributed by atoms with E-state index >= 15 is 0 Å². The molecule has 2 aromatic carbocycles. The summed E-state index contributed by atoms with van der Waals surface area (Å²) < 4.78 is 16.2. The third-order valence-electron chi connectivity index (χ3n) is 5.35. The first-order valence-corrected chi connectivity index (χ1v) is 9.95. The number of hydrogen-bond acceptors (Lipinski definition) is 7. The predicted molar refractivity (Wildman–Crippen MR) is 109 cm³/mol. The van der Waals surface area contributed by atoms with Crippen molar-refractivity contribution in [1.82, 2.24) is 20.4 Å². The summed E-state index contributed by atoms with van der Waals surface area (Å²) >= 11 is 5.94. The molecule has 0 unspecified atom stereocenters. The molecule has 2 aliphatic rings. The minimum Gasteiger partial charge on any atom is -0.454 e. The molecule has 0 bridgehead atoms. The van der Waals surface area contributed by atoms with Gasteiger partial charge in [0, 0.05) is 28.7 Å². The summed E-state index contributed by atoms with van der Waals surface area (Å²) in [6.45, 7) is 0.858. The molecule has 2 atom stereocenters. The van der Waals surface area contributed by atoms with Crippen molar-refractivity contribution >= 4 is 17.5 Å². The number of fused-ring (bicyclic) bond motifs is 1. The van der Waals surface area contributed by atoms with Crippen LogP contribution in [0.15, 0.2) is 47.0 Å². The Morgan fingerprint density at radius 1 is 1.17 bits per heavy atom. The lowest BCUT2D eigenvalue weighted by Gasteiger charge is -2.14. The lowest BCUT2D eigenvalue weighted by Crippen LogP contribution is -2.36. The van der Waals surface area contributed by atoms with Gasteiger partial charge in [-0.3, -0.25) is 9.69 Å². The molecule has 5 rings (SSSR count). The topological polar surface area (TPSA) is 89.7 Å². The molecule has 0 spiro atoms. The Bertz CT molecular complexity index is 1080. The highest BCUT2D eigenvalue weighted by Crippen LogP contribution is 2.33. The fourth-order valence-corrected chi connectivity index (χ4v) is 3.91. The number of rotatable bonds is 4. The number of nitrogens with one attached hydrogen (secondary N) is 1. The molecule has 154 valence electrons. The first kappa shape index (κ1) is 18.9. The van der Waals surface area contributed by atoms with E-state index in [-0.39, 0.29) is 24.8 Å². The largest absolute Gasteiger partial charge is 0.454 e. The molecular formula is C21H19ClN4O4. The summed E-state index contributed by atoms with van der Waals surface area (Å²) in [6.07, 6.45) is 0.676. The van der Waals surface area contributed by atoms with Gasteiger partial charge >= 0.3 is 0 Å². The molecule has 30 heavy (non-hydrogen) atoms. The minimum absolute atomic E-state index is 0.0381. The van der Waals surface area contributed by atoms with Crippen molar-refractivity contribution in [2.45, 2.75) is 18.5 Å². The van der Waals surface area contributed by atoms with Crippen molar-refractivity contribution in [2.75, 3.05) is 20.4 Å². The fraction of sp³-hybridized carbons (Fsp3) is 0.286. The van der Waals surface area contributed by atoms with Crippen LogP contribution < -0.4 is 14.8 Å². The van der Waals surface area contributed by atoms with E-state index in [0.29, 0.717) is 46.8 Å². The van der Waals surface area contributed by atoms with Crippen molar-refractivity contribution in [3.63, 3.8) is 0 Å². The number of carbonyl (C=O) groups is 1. The molecule has 1 saturated heterocycles. The van der Waals surface area contributed by atoms with Gasteiger partial charge in [0.1, 0.15) is 0 Å². The van der Waals surface area contributed by atoms with Crippen LogP contribution in [0.2, 0.25) is 5.02 Å². The van der Waals surface area contributed by atoms with E-state index < -0.39 is 0 Å². The Kier molecular flexibility index (Phi) is 4.80. The second kappa shape index (κ2) is 7.62. The Hall–Kier alpha value is -3.10. The van der Waals surface area contributed by atoms with E-state index in [9.17, 15) is 4.79 Å². The average Bonchev–Trinajstić information content (AvgIpc) is 3.47. The van der Waals surface area contributed by atoms with Crippen molar-refractivity contribution < 1.29 is 18.8 Å². The molecule has 3 heterocycles. The molecule has 9 heteroatoms. The summed E-state index contributed by atoms with van der Waals surface area (Å²) in [5, 5.41) is 7.82. The highest BCUT2D eigenvalue weighted by atomic mass is 35.5. The van der Waals surface area contributed by atoms with Gasteiger partial charge in [0.25, 0.3) is 5.91 Å². The lowest BCUT2D eigenvalue weighted by atomic mass is 10.1. The second-order valence-electron chi connectivity index (χ2n) is 7.39. The van der Waals surface area contributed by atoms with Gasteiger partial charge in [-0.1, -0.05) is 16.8 Å². The Balaban J connectivity index is 1.26. The van der Waals surface area contributed by atoms with Gasteiger partial charge in [-0.15, -0.1) is 0 Å². The van der Waals surface area contributed by atoms with Gasteiger partial charge in [-0.2, -0.15) is 4.98 Å². The third kappa shape index (κ3) is 3.59. The van der Waals surface area contributed by atoms with E-state index in [2.05, 4.69) is 20.4 Å². The van der Waals surface area contributed by atoms with Crippen LogP contribution in [0.5, 0.6) is 11.5 Å². The van der Waals surface area contributed by atoms with E-state index in [1.807, 2.05) is 19.2 Å². The number of amides is 1. The number of benzene rings is 2. The molecule has 1 aromatic heterocycles. The number of ether oxygens (including phenoxy) is 2. The van der Waals surface area contributed by atoms with Gasteiger partial charge in [-0.05, 0) is 55.9 Å². The summed E-state index contributed by atoms with van der Waals surface area (Å²) in [5.41, 5.74) is 1.37. The Labute approximate surface area is 177 Å². The van der Waals surface area contributed by atoms with Gasteiger partial charge in [0.15, 0.2) is 11.5 Å². The maximum Gasteiger partial charge on any atom is 0.251 e. The fourth-order valence-electron chi connectivity index (χ4n) is 3.79. The average molecular weight is 427 g/mol. The summed E-state index contributed by atoms with van der Waals surface area (Å²) in [4.78, 5) is 19.3. The normalized spacial score (nSPS) is 20.5. The van der Waals surface area contributed by atoms with Gasteiger partial charge in [0.2, 0.25) is 18.5 Å². The summed E-state index contributed by atoms with van der Waals surface area (Å²) in [7, 11) is 1.98. The number of likely N-dealkylation sites (N-methyl/N-ethyl adjacent to an activating group) is 1. The smallest absolute Gasteiger partial charge is 0.251 e. The van der Waals surface area contributed by atoms with Gasteiger partial charge in [0.05, 0.1) is 6.04 Å². The highest BCUT2D eigenvalue weighted by Gasteiger charge is 2.35. The van der Waals surface area contributed by atoms with Crippen LogP contribution in [0.3, 0.4) is 0 Å². The van der Waals surface area contributed by atoms with Crippen LogP contribution in [-0.4, -0.2) is 47.4 Å². The minimum atomic E-state index is -0.153. The van der Waals surface area contributed by atoms with Crippen LogP contribution in [0.1, 0.15) is 28.7 Å². The second-order valence-corrected chi connectivity index (χ2v) is 7.83. The van der Waals surface area contributed by atoms with Crippen molar-refractivity contribution in [3.05, 3.63) is 58.9 Å². The first-order chi connectivity index (χ1) is 14.6. The molecule has 3 aromatic rings. The number of aromatic nitrogens is 2. The maximum atomic E-state index is 12.7. The molecule has 0 saturated carbocycles. The number of likely N-dealkylation sites (tertiary alicyclic amines) is 1. The maximum absolute atomic E-state index is 12.7. The zero-order valence-corrected chi connectivity index (χ0v) is 16.9. The van der Waals surface area contributed by atoms with E-state index in [4.69, 9.17) is 25.6 Å². The molecule has 1 amide bonds.